The third kappa shape index (κ3) is 6.49. The maximum absolute atomic E-state index is 12.6. The molecular formula is C36H63NO2. The van der Waals surface area contributed by atoms with E-state index in [4.69, 9.17) is 4.74 Å². The van der Waals surface area contributed by atoms with Crippen LogP contribution in [-0.2, 0) is 9.53 Å². The Hall–Kier alpha value is -0.830. The van der Waals surface area contributed by atoms with Crippen molar-refractivity contribution in [3.05, 3.63) is 12.2 Å². The molecule has 4 aliphatic rings. The fourth-order valence-electron chi connectivity index (χ4n) is 10.6. The molecular weight excluding hydrogens is 478 g/mol. The van der Waals surface area contributed by atoms with Crippen LogP contribution in [0.2, 0.25) is 0 Å². The van der Waals surface area contributed by atoms with Crippen molar-refractivity contribution in [2.24, 2.45) is 58.2 Å². The Balaban J connectivity index is 1.32. The first-order valence-corrected chi connectivity index (χ1v) is 17.1. The van der Waals surface area contributed by atoms with Gasteiger partial charge in [-0.3, -0.25) is 4.90 Å². The summed E-state index contributed by atoms with van der Waals surface area (Å²) in [5.74, 6) is 6.67. The molecule has 0 N–H and O–H groups in total. The minimum Gasteiger partial charge on any atom is -0.462 e. The van der Waals surface area contributed by atoms with Gasteiger partial charge in [-0.15, -0.1) is 0 Å². The molecule has 0 saturated heterocycles. The second kappa shape index (κ2) is 13.0. The molecule has 0 heterocycles. The summed E-state index contributed by atoms with van der Waals surface area (Å²) in [6, 6.07) is 0. The minimum atomic E-state index is -0.181. The highest BCUT2D eigenvalue weighted by Crippen LogP contribution is 2.68. The maximum atomic E-state index is 12.6. The Bertz CT molecular complexity index is 832. The summed E-state index contributed by atoms with van der Waals surface area (Å²) >= 11 is 0. The number of carbonyl (C=O) groups is 1. The van der Waals surface area contributed by atoms with Crippen LogP contribution in [0.1, 0.15) is 126 Å². The lowest BCUT2D eigenvalue weighted by Crippen LogP contribution is -2.54. The fourth-order valence-corrected chi connectivity index (χ4v) is 10.6. The number of nitrogens with zero attached hydrogens (tertiary/aromatic N) is 1. The minimum absolute atomic E-state index is 0.181. The van der Waals surface area contributed by atoms with Gasteiger partial charge in [-0.1, -0.05) is 74.3 Å². The van der Waals surface area contributed by atoms with Gasteiger partial charge in [0, 0.05) is 12.1 Å². The van der Waals surface area contributed by atoms with Gasteiger partial charge in [0.25, 0.3) is 0 Å². The van der Waals surface area contributed by atoms with Gasteiger partial charge in [-0.05, 0) is 129 Å². The molecule has 39 heavy (non-hydrogen) atoms. The van der Waals surface area contributed by atoms with E-state index in [1.165, 1.54) is 77.0 Å². The van der Waals surface area contributed by atoms with Crippen molar-refractivity contribution in [2.75, 3.05) is 26.2 Å². The highest BCUT2D eigenvalue weighted by molar-refractivity contribution is 5.88. The topological polar surface area (TPSA) is 29.5 Å². The molecule has 0 spiro atoms. The van der Waals surface area contributed by atoms with E-state index in [0.29, 0.717) is 35.5 Å². The number of fused-ring (bicyclic) bond motifs is 5. The first-order chi connectivity index (χ1) is 18.5. The molecule has 224 valence electrons. The highest BCUT2D eigenvalue weighted by atomic mass is 16.5. The fraction of sp³-hybridized carbons (Fsp3) is 0.917. The van der Waals surface area contributed by atoms with Gasteiger partial charge in [0.05, 0.1) is 6.61 Å². The predicted molar refractivity (Wildman–Crippen MR) is 164 cm³/mol. The quantitative estimate of drug-likeness (QED) is 0.182. The van der Waals surface area contributed by atoms with Crippen molar-refractivity contribution < 1.29 is 9.53 Å². The van der Waals surface area contributed by atoms with Crippen molar-refractivity contribution in [1.82, 2.24) is 4.90 Å². The molecule has 4 rings (SSSR count). The first kappa shape index (κ1) is 31.1. The third-order valence-corrected chi connectivity index (χ3v) is 13.0. The summed E-state index contributed by atoms with van der Waals surface area (Å²) in [6.45, 7) is 24.1. The summed E-state index contributed by atoms with van der Waals surface area (Å²) in [4.78, 5) is 14.9. The molecule has 4 saturated carbocycles. The Kier molecular flexibility index (Phi) is 10.4. The third-order valence-electron chi connectivity index (χ3n) is 13.0. The predicted octanol–water partition coefficient (Wildman–Crippen LogP) is 9.17. The van der Waals surface area contributed by atoms with E-state index in [2.05, 4.69) is 59.9 Å². The average molecular weight is 542 g/mol. The van der Waals surface area contributed by atoms with E-state index in [1.54, 1.807) is 0 Å². The lowest BCUT2D eigenvalue weighted by atomic mass is 9.44. The lowest BCUT2D eigenvalue weighted by Gasteiger charge is -2.61. The lowest BCUT2D eigenvalue weighted by molar-refractivity contribution is -0.145. The molecule has 0 unspecified atom stereocenters. The Morgan fingerprint density at radius 2 is 1.62 bits per heavy atom. The number of rotatable bonds is 12. The van der Waals surface area contributed by atoms with Gasteiger partial charge in [0.2, 0.25) is 0 Å². The highest BCUT2D eigenvalue weighted by Gasteiger charge is 2.60. The van der Waals surface area contributed by atoms with Crippen LogP contribution in [0.15, 0.2) is 12.2 Å². The summed E-state index contributed by atoms with van der Waals surface area (Å²) in [5, 5.41) is 0. The van der Waals surface area contributed by atoms with Crippen molar-refractivity contribution in [2.45, 2.75) is 126 Å². The normalized spacial score (nSPS) is 38.7. The monoisotopic (exact) mass is 541 g/mol. The smallest absolute Gasteiger partial charge is 0.334 e. The van der Waals surface area contributed by atoms with Crippen LogP contribution in [0, 0.1) is 58.2 Å². The zero-order valence-corrected chi connectivity index (χ0v) is 26.9. The van der Waals surface area contributed by atoms with E-state index in [-0.39, 0.29) is 5.97 Å². The Labute approximate surface area is 242 Å². The SMILES string of the molecule is C=C(CN(CC)CC)C(=O)OC[C@H]1CC[C@@]2(C)[C@H](CC[C@H]3[C@H]4CC[C@H]([C@H](C)CCCC(C)C)[C@@]4(C)CC[C@H]32)C1. The molecule has 9 atom stereocenters. The summed E-state index contributed by atoms with van der Waals surface area (Å²) < 4.78 is 5.83. The second-order valence-electron chi connectivity index (χ2n) is 15.5. The standard InChI is InChI=1S/C36H63NO2/c1-9-37(10-2)23-27(6)34(38)39-24-28-18-20-35(7)29(22-28)14-15-30-32-17-16-31(26(5)13-11-12-25(3)4)36(32,8)21-19-33(30)35/h25-26,28-33H,6,9-24H2,1-5,7-8H3/t26-,28+,29-,30+,31-,32-,33-,35+,36-/m1/s1. The number of esters is 1. The summed E-state index contributed by atoms with van der Waals surface area (Å²) in [6.07, 6.45) is 16.8. The van der Waals surface area contributed by atoms with Crippen molar-refractivity contribution >= 4 is 5.97 Å². The molecule has 3 nitrogen and oxygen atoms in total. The van der Waals surface area contributed by atoms with Gasteiger partial charge < -0.3 is 4.74 Å². The van der Waals surface area contributed by atoms with Crippen molar-refractivity contribution in [3.63, 3.8) is 0 Å². The summed E-state index contributed by atoms with van der Waals surface area (Å²) in [7, 11) is 0. The molecule has 3 heteroatoms. The van der Waals surface area contributed by atoms with Gasteiger partial charge >= 0.3 is 5.97 Å². The molecule has 4 fully saturated rings. The van der Waals surface area contributed by atoms with Crippen LogP contribution < -0.4 is 0 Å². The Morgan fingerprint density at radius 1 is 0.923 bits per heavy atom. The van der Waals surface area contributed by atoms with E-state index in [9.17, 15) is 4.79 Å². The van der Waals surface area contributed by atoms with Crippen molar-refractivity contribution in [1.29, 1.82) is 0 Å². The maximum Gasteiger partial charge on any atom is 0.334 e. The molecule has 0 aromatic rings. The first-order valence-electron chi connectivity index (χ1n) is 17.1. The van der Waals surface area contributed by atoms with Gasteiger partial charge in [-0.25, -0.2) is 4.79 Å². The molecule has 0 radical (unpaired) electrons. The number of hydrogen-bond acceptors (Lipinski definition) is 3. The number of likely N-dealkylation sites (N-methyl/N-ethyl adjacent to an activating group) is 1. The van der Waals surface area contributed by atoms with Crippen molar-refractivity contribution in [3.8, 4) is 0 Å². The van der Waals surface area contributed by atoms with Crippen LogP contribution in [0.3, 0.4) is 0 Å². The van der Waals surface area contributed by atoms with Gasteiger partial charge in [0.15, 0.2) is 0 Å². The molecule has 0 amide bonds. The number of ether oxygens (including phenoxy) is 1. The van der Waals surface area contributed by atoms with Crippen LogP contribution >= 0.6 is 0 Å². The molecule has 0 aromatic heterocycles. The molecule has 0 aromatic carbocycles. The second-order valence-corrected chi connectivity index (χ2v) is 15.5. The van der Waals surface area contributed by atoms with Crippen LogP contribution in [0.25, 0.3) is 0 Å². The van der Waals surface area contributed by atoms with Crippen LogP contribution in [0.5, 0.6) is 0 Å². The van der Waals surface area contributed by atoms with E-state index in [0.717, 1.165) is 54.5 Å². The van der Waals surface area contributed by atoms with E-state index < -0.39 is 0 Å². The zero-order valence-electron chi connectivity index (χ0n) is 26.9. The number of carbonyl (C=O) groups excluding carboxylic acids is 1. The Morgan fingerprint density at radius 3 is 2.31 bits per heavy atom. The zero-order chi connectivity index (χ0) is 28.4. The largest absolute Gasteiger partial charge is 0.462 e. The number of hydrogen-bond donors (Lipinski definition) is 0. The molecule has 0 aliphatic heterocycles. The molecule has 4 aliphatic carbocycles. The van der Waals surface area contributed by atoms with E-state index in [1.807, 2.05) is 0 Å². The average Bonchev–Trinajstić information content (AvgIpc) is 3.27. The van der Waals surface area contributed by atoms with Crippen LogP contribution in [0.4, 0.5) is 0 Å². The van der Waals surface area contributed by atoms with Crippen LogP contribution in [-0.4, -0.2) is 37.1 Å². The summed E-state index contributed by atoms with van der Waals surface area (Å²) in [5.41, 5.74) is 1.69. The van der Waals surface area contributed by atoms with Gasteiger partial charge in [0.1, 0.15) is 0 Å². The van der Waals surface area contributed by atoms with E-state index >= 15 is 0 Å². The molecule has 0 bridgehead atoms. The van der Waals surface area contributed by atoms with Gasteiger partial charge in [-0.2, -0.15) is 0 Å².